The van der Waals surface area contributed by atoms with E-state index in [0.29, 0.717) is 27.6 Å². The number of rotatable bonds is 7. The van der Waals surface area contributed by atoms with Crippen molar-refractivity contribution in [1.82, 2.24) is 0 Å². The molecule has 2 aromatic rings. The van der Waals surface area contributed by atoms with Crippen molar-refractivity contribution in [2.24, 2.45) is 0 Å². The highest BCUT2D eigenvalue weighted by atomic mass is 35.5. The number of amides is 1. The summed E-state index contributed by atoms with van der Waals surface area (Å²) in [4.78, 5) is 35.7. The normalized spacial score (nSPS) is 11.4. The number of ketones is 1. The SMILES string of the molecule is COc1ccc(Cl)cc1CC(=O)O[C@H](C)C(=O)c1ccc(NC(C)=O)cc1. The molecule has 2 rings (SSSR count). The third-order valence-corrected chi connectivity index (χ3v) is 3.98. The van der Waals surface area contributed by atoms with E-state index in [4.69, 9.17) is 21.1 Å². The summed E-state index contributed by atoms with van der Waals surface area (Å²) < 4.78 is 10.4. The van der Waals surface area contributed by atoms with Gasteiger partial charge in [-0.3, -0.25) is 14.4 Å². The third kappa shape index (κ3) is 5.82. The number of Topliss-reactive ketones (excluding diaryl/α,β-unsaturated/α-hetero) is 1. The smallest absolute Gasteiger partial charge is 0.311 e. The second-order valence-electron chi connectivity index (χ2n) is 5.89. The maximum absolute atomic E-state index is 12.4. The molecule has 1 N–H and O–H groups in total. The largest absolute Gasteiger partial charge is 0.496 e. The van der Waals surface area contributed by atoms with Crippen LogP contribution in [0.1, 0.15) is 29.8 Å². The lowest BCUT2D eigenvalue weighted by molar-refractivity contribution is -0.145. The van der Waals surface area contributed by atoms with Gasteiger partial charge in [0.25, 0.3) is 0 Å². The molecule has 0 saturated heterocycles. The first-order valence-corrected chi connectivity index (χ1v) is 8.61. The molecule has 0 heterocycles. The van der Waals surface area contributed by atoms with Gasteiger partial charge in [-0.25, -0.2) is 0 Å². The van der Waals surface area contributed by atoms with Crippen molar-refractivity contribution in [1.29, 1.82) is 0 Å². The highest BCUT2D eigenvalue weighted by molar-refractivity contribution is 6.30. The Morgan fingerprint density at radius 3 is 2.37 bits per heavy atom. The lowest BCUT2D eigenvalue weighted by Crippen LogP contribution is -2.25. The summed E-state index contributed by atoms with van der Waals surface area (Å²) in [5, 5.41) is 3.09. The van der Waals surface area contributed by atoms with E-state index in [1.807, 2.05) is 0 Å². The van der Waals surface area contributed by atoms with Crippen LogP contribution in [0, 0.1) is 0 Å². The number of benzene rings is 2. The summed E-state index contributed by atoms with van der Waals surface area (Å²) in [5.74, 6) is -0.584. The minimum Gasteiger partial charge on any atom is -0.496 e. The highest BCUT2D eigenvalue weighted by Crippen LogP contribution is 2.23. The maximum Gasteiger partial charge on any atom is 0.311 e. The van der Waals surface area contributed by atoms with Crippen molar-refractivity contribution in [3.8, 4) is 5.75 Å². The molecule has 0 radical (unpaired) electrons. The molecule has 0 saturated carbocycles. The zero-order valence-corrected chi connectivity index (χ0v) is 16.0. The van der Waals surface area contributed by atoms with Crippen LogP contribution in [0.2, 0.25) is 5.02 Å². The predicted molar refractivity (Wildman–Crippen MR) is 102 cm³/mol. The first-order valence-electron chi connectivity index (χ1n) is 8.24. The van der Waals surface area contributed by atoms with E-state index in [2.05, 4.69) is 5.32 Å². The van der Waals surface area contributed by atoms with Crippen LogP contribution in [0.15, 0.2) is 42.5 Å². The quantitative estimate of drug-likeness (QED) is 0.577. The fraction of sp³-hybridized carbons (Fsp3) is 0.250. The number of carbonyl (C=O) groups excluding carboxylic acids is 3. The molecule has 27 heavy (non-hydrogen) atoms. The van der Waals surface area contributed by atoms with Gasteiger partial charge in [0.2, 0.25) is 11.7 Å². The lowest BCUT2D eigenvalue weighted by Gasteiger charge is -2.14. The molecule has 0 aliphatic carbocycles. The van der Waals surface area contributed by atoms with Crippen LogP contribution in [0.25, 0.3) is 0 Å². The third-order valence-electron chi connectivity index (χ3n) is 3.74. The van der Waals surface area contributed by atoms with Crippen LogP contribution in [0.3, 0.4) is 0 Å². The van der Waals surface area contributed by atoms with Gasteiger partial charge < -0.3 is 14.8 Å². The van der Waals surface area contributed by atoms with Crippen molar-refractivity contribution in [3.05, 3.63) is 58.6 Å². The fourth-order valence-corrected chi connectivity index (χ4v) is 2.68. The van der Waals surface area contributed by atoms with Crippen molar-refractivity contribution in [2.45, 2.75) is 26.4 Å². The first-order chi connectivity index (χ1) is 12.8. The molecular weight excluding hydrogens is 370 g/mol. The van der Waals surface area contributed by atoms with Crippen molar-refractivity contribution < 1.29 is 23.9 Å². The van der Waals surface area contributed by atoms with Gasteiger partial charge in [0.1, 0.15) is 5.75 Å². The zero-order chi connectivity index (χ0) is 20.0. The van der Waals surface area contributed by atoms with E-state index >= 15 is 0 Å². The Bertz CT molecular complexity index is 848. The molecular formula is C20H20ClNO5. The maximum atomic E-state index is 12.4. The van der Waals surface area contributed by atoms with Crippen LogP contribution >= 0.6 is 11.6 Å². The van der Waals surface area contributed by atoms with E-state index in [-0.39, 0.29) is 18.1 Å². The standard InChI is InChI=1S/C20H20ClNO5/c1-12(20(25)14-4-7-17(8-5-14)22-13(2)23)27-19(24)11-15-10-16(21)6-9-18(15)26-3/h4-10,12H,11H2,1-3H3,(H,22,23)/t12-/m1/s1. The van der Waals surface area contributed by atoms with E-state index in [1.54, 1.807) is 42.5 Å². The molecule has 6 nitrogen and oxygen atoms in total. The lowest BCUT2D eigenvalue weighted by atomic mass is 10.1. The van der Waals surface area contributed by atoms with Crippen LogP contribution in [-0.4, -0.2) is 30.9 Å². The van der Waals surface area contributed by atoms with E-state index in [0.717, 1.165) is 0 Å². The number of hydrogen-bond donors (Lipinski definition) is 1. The Hall–Kier alpha value is -2.86. The van der Waals surface area contributed by atoms with Gasteiger partial charge in [-0.05, 0) is 49.4 Å². The molecule has 7 heteroatoms. The Morgan fingerprint density at radius 1 is 1.11 bits per heavy atom. The number of nitrogens with one attached hydrogen (secondary N) is 1. The second-order valence-corrected chi connectivity index (χ2v) is 6.32. The number of anilines is 1. The van der Waals surface area contributed by atoms with Gasteiger partial charge in [0.05, 0.1) is 13.5 Å². The summed E-state index contributed by atoms with van der Waals surface area (Å²) in [5.41, 5.74) is 1.54. The molecule has 1 amide bonds. The van der Waals surface area contributed by atoms with Crippen LogP contribution in [0.5, 0.6) is 5.75 Å². The second kappa shape index (κ2) is 9.19. The molecule has 1 atom stereocenters. The van der Waals surface area contributed by atoms with Gasteiger partial charge in [0.15, 0.2) is 6.10 Å². The zero-order valence-electron chi connectivity index (χ0n) is 15.2. The van der Waals surface area contributed by atoms with Gasteiger partial charge in [-0.15, -0.1) is 0 Å². The average molecular weight is 390 g/mol. The van der Waals surface area contributed by atoms with Gasteiger partial charge in [-0.1, -0.05) is 11.6 Å². The molecule has 0 fully saturated rings. The van der Waals surface area contributed by atoms with Gasteiger partial charge in [-0.2, -0.15) is 0 Å². The molecule has 0 bridgehead atoms. The van der Waals surface area contributed by atoms with E-state index < -0.39 is 12.1 Å². The summed E-state index contributed by atoms with van der Waals surface area (Å²) >= 11 is 5.95. The van der Waals surface area contributed by atoms with Crippen LogP contribution in [-0.2, 0) is 20.7 Å². The molecule has 0 spiro atoms. The summed E-state index contributed by atoms with van der Waals surface area (Å²) in [6, 6.07) is 11.3. The number of carbonyl (C=O) groups is 3. The van der Waals surface area contributed by atoms with Crippen LogP contribution < -0.4 is 10.1 Å². The number of ether oxygens (including phenoxy) is 2. The predicted octanol–water partition coefficient (Wildman–Crippen LogP) is 3.66. The molecule has 0 aromatic heterocycles. The minimum atomic E-state index is -0.950. The minimum absolute atomic E-state index is 0.0666. The summed E-state index contributed by atoms with van der Waals surface area (Å²) in [6.07, 6.45) is -1.02. The number of hydrogen-bond acceptors (Lipinski definition) is 5. The Labute approximate surface area is 162 Å². The number of halogens is 1. The Morgan fingerprint density at radius 2 is 1.78 bits per heavy atom. The first kappa shape index (κ1) is 20.5. The van der Waals surface area contributed by atoms with Gasteiger partial charge >= 0.3 is 5.97 Å². The summed E-state index contributed by atoms with van der Waals surface area (Å²) in [6.45, 7) is 2.91. The fourth-order valence-electron chi connectivity index (χ4n) is 2.49. The highest BCUT2D eigenvalue weighted by Gasteiger charge is 2.20. The van der Waals surface area contributed by atoms with Crippen LogP contribution in [0.4, 0.5) is 5.69 Å². The molecule has 0 aliphatic rings. The van der Waals surface area contributed by atoms with Crippen molar-refractivity contribution >= 4 is 34.9 Å². The van der Waals surface area contributed by atoms with Crippen molar-refractivity contribution in [2.75, 3.05) is 12.4 Å². The Balaban J connectivity index is 2.00. The van der Waals surface area contributed by atoms with E-state index in [1.165, 1.54) is 21.0 Å². The number of esters is 1. The average Bonchev–Trinajstić information content (AvgIpc) is 2.61. The number of methoxy groups -OCH3 is 1. The van der Waals surface area contributed by atoms with Gasteiger partial charge in [0, 0.05) is 28.8 Å². The van der Waals surface area contributed by atoms with E-state index in [9.17, 15) is 14.4 Å². The summed E-state index contributed by atoms with van der Waals surface area (Å²) in [7, 11) is 1.49. The topological polar surface area (TPSA) is 81.7 Å². The monoisotopic (exact) mass is 389 g/mol. The molecule has 2 aromatic carbocycles. The Kier molecular flexibility index (Phi) is 6.96. The van der Waals surface area contributed by atoms with Crippen molar-refractivity contribution in [3.63, 3.8) is 0 Å². The molecule has 0 unspecified atom stereocenters. The molecule has 142 valence electrons. The molecule has 0 aliphatic heterocycles.